The van der Waals surface area contributed by atoms with Crippen LogP contribution >= 0.6 is 0 Å². The van der Waals surface area contributed by atoms with Crippen molar-refractivity contribution in [2.45, 2.75) is 44.7 Å². The first-order valence-corrected chi connectivity index (χ1v) is 7.24. The van der Waals surface area contributed by atoms with Gasteiger partial charge in [0.2, 0.25) is 0 Å². The largest absolute Gasteiger partial charge is 0.394 e. The van der Waals surface area contributed by atoms with E-state index >= 15 is 0 Å². The maximum atomic E-state index is 13.4. The molecule has 2 rings (SSSR count). The van der Waals surface area contributed by atoms with E-state index in [0.29, 0.717) is 18.0 Å². The summed E-state index contributed by atoms with van der Waals surface area (Å²) < 4.78 is 13.4. The van der Waals surface area contributed by atoms with Crippen molar-refractivity contribution in [3.8, 4) is 0 Å². The molecule has 0 heterocycles. The molecule has 1 fully saturated rings. The smallest absolute Gasteiger partial charge is 0.272 e. The number of nitrogens with one attached hydrogen (secondary N) is 1. The number of non-ortho nitro benzene ring substituents is 1. The van der Waals surface area contributed by atoms with Crippen LogP contribution in [0.4, 0.5) is 10.1 Å². The van der Waals surface area contributed by atoms with Crippen LogP contribution < -0.4 is 5.32 Å². The fraction of sp³-hybridized carbons (Fsp3) is 0.600. The van der Waals surface area contributed by atoms with Gasteiger partial charge in [0.1, 0.15) is 5.82 Å². The highest BCUT2D eigenvalue weighted by atomic mass is 19.1. The Kier molecular flexibility index (Phi) is 4.90. The monoisotopic (exact) mass is 296 g/mol. The average molecular weight is 296 g/mol. The number of nitro benzene ring substituents is 1. The summed E-state index contributed by atoms with van der Waals surface area (Å²) in [4.78, 5) is 10.1. The molecule has 0 radical (unpaired) electrons. The summed E-state index contributed by atoms with van der Waals surface area (Å²) in [7, 11) is 0. The van der Waals surface area contributed by atoms with Gasteiger partial charge >= 0.3 is 0 Å². The second-order valence-electron chi connectivity index (χ2n) is 6.05. The Labute approximate surface area is 123 Å². The Morgan fingerprint density at radius 2 is 2.10 bits per heavy atom. The summed E-state index contributed by atoms with van der Waals surface area (Å²) in [6.45, 7) is 2.53. The van der Waals surface area contributed by atoms with E-state index in [1.807, 2.05) is 0 Å². The summed E-state index contributed by atoms with van der Waals surface area (Å²) in [5.74, 6) is 0.0399. The lowest BCUT2D eigenvalue weighted by molar-refractivity contribution is -0.385. The Balaban J connectivity index is 2.06. The zero-order valence-electron chi connectivity index (χ0n) is 12.1. The summed E-state index contributed by atoms with van der Waals surface area (Å²) in [6.07, 6.45) is 3.80. The van der Waals surface area contributed by atoms with Crippen molar-refractivity contribution in [2.24, 2.45) is 5.92 Å². The van der Waals surface area contributed by atoms with E-state index in [9.17, 15) is 19.6 Å². The van der Waals surface area contributed by atoms with Gasteiger partial charge in [-0.25, -0.2) is 4.39 Å². The fourth-order valence-electron chi connectivity index (χ4n) is 2.84. The maximum Gasteiger partial charge on any atom is 0.272 e. The zero-order valence-corrected chi connectivity index (χ0v) is 12.1. The molecule has 1 aromatic rings. The molecule has 0 spiro atoms. The van der Waals surface area contributed by atoms with E-state index < -0.39 is 10.7 Å². The zero-order chi connectivity index (χ0) is 15.5. The topological polar surface area (TPSA) is 75.4 Å². The Morgan fingerprint density at radius 1 is 1.43 bits per heavy atom. The van der Waals surface area contributed by atoms with E-state index in [-0.39, 0.29) is 17.8 Å². The van der Waals surface area contributed by atoms with E-state index in [0.717, 1.165) is 31.7 Å². The van der Waals surface area contributed by atoms with E-state index in [4.69, 9.17) is 0 Å². The quantitative estimate of drug-likeness (QED) is 0.647. The van der Waals surface area contributed by atoms with Crippen molar-refractivity contribution in [1.29, 1.82) is 0 Å². The molecule has 6 heteroatoms. The van der Waals surface area contributed by atoms with Gasteiger partial charge in [-0.2, -0.15) is 0 Å². The third kappa shape index (κ3) is 3.98. The molecule has 0 atom stereocenters. The maximum absolute atomic E-state index is 13.4. The van der Waals surface area contributed by atoms with Gasteiger partial charge in [0.05, 0.1) is 17.6 Å². The Hall–Kier alpha value is -1.53. The van der Waals surface area contributed by atoms with Crippen molar-refractivity contribution >= 4 is 5.69 Å². The van der Waals surface area contributed by atoms with Crippen LogP contribution in [0.5, 0.6) is 0 Å². The first-order chi connectivity index (χ1) is 9.94. The van der Waals surface area contributed by atoms with Gasteiger partial charge in [0, 0.05) is 18.2 Å². The normalized spacial score (nSPS) is 25.8. The van der Waals surface area contributed by atoms with E-state index in [1.54, 1.807) is 0 Å². The SMILES string of the molecule is CC1CCC(CO)(NCc2cc(F)cc([N+](=O)[O-])c2)CC1. The molecule has 21 heavy (non-hydrogen) atoms. The number of benzene rings is 1. The van der Waals surface area contributed by atoms with Crippen LogP contribution in [-0.2, 0) is 6.54 Å². The standard InChI is InChI=1S/C15H21FN2O3/c1-11-2-4-15(10-19,5-3-11)17-9-12-6-13(16)8-14(7-12)18(20)21/h6-8,11,17,19H,2-5,9-10H2,1H3. The number of rotatable bonds is 5. The summed E-state index contributed by atoms with van der Waals surface area (Å²) in [5.41, 5.74) is -0.0802. The lowest BCUT2D eigenvalue weighted by atomic mass is 9.77. The van der Waals surface area contributed by atoms with Crippen LogP contribution in [0.1, 0.15) is 38.2 Å². The minimum absolute atomic E-state index is 0.0249. The molecule has 1 aromatic carbocycles. The first-order valence-electron chi connectivity index (χ1n) is 7.24. The Morgan fingerprint density at radius 3 is 2.67 bits per heavy atom. The molecular weight excluding hydrogens is 275 g/mol. The van der Waals surface area contributed by atoms with Crippen LogP contribution in [0.3, 0.4) is 0 Å². The third-order valence-electron chi connectivity index (χ3n) is 4.35. The molecule has 0 unspecified atom stereocenters. The van der Waals surface area contributed by atoms with Crippen LogP contribution in [0.2, 0.25) is 0 Å². The molecule has 5 nitrogen and oxygen atoms in total. The molecule has 0 bridgehead atoms. The molecule has 2 N–H and O–H groups in total. The van der Waals surface area contributed by atoms with Crippen LogP contribution in [0, 0.1) is 21.8 Å². The number of aliphatic hydroxyl groups excluding tert-OH is 1. The molecule has 0 aliphatic heterocycles. The number of aliphatic hydroxyl groups is 1. The van der Waals surface area contributed by atoms with Crippen molar-refractivity contribution in [1.82, 2.24) is 5.32 Å². The number of hydrogen-bond donors (Lipinski definition) is 2. The molecule has 116 valence electrons. The van der Waals surface area contributed by atoms with Gasteiger partial charge in [-0.3, -0.25) is 10.1 Å². The van der Waals surface area contributed by atoms with E-state index in [1.165, 1.54) is 12.1 Å². The lowest BCUT2D eigenvalue weighted by Gasteiger charge is -2.39. The predicted molar refractivity (Wildman–Crippen MR) is 77.3 cm³/mol. The summed E-state index contributed by atoms with van der Waals surface area (Å²) >= 11 is 0. The molecule has 0 saturated heterocycles. The molecule has 1 aliphatic rings. The van der Waals surface area contributed by atoms with Crippen LogP contribution in [0.25, 0.3) is 0 Å². The molecule has 0 aromatic heterocycles. The van der Waals surface area contributed by atoms with Crippen LogP contribution in [0.15, 0.2) is 18.2 Å². The highest BCUT2D eigenvalue weighted by Gasteiger charge is 2.33. The summed E-state index contributed by atoms with van der Waals surface area (Å²) in [6, 6.07) is 3.57. The highest BCUT2D eigenvalue weighted by molar-refractivity contribution is 5.35. The molecule has 1 saturated carbocycles. The fourth-order valence-corrected chi connectivity index (χ4v) is 2.84. The van der Waals surface area contributed by atoms with Crippen molar-refractivity contribution in [2.75, 3.05) is 6.61 Å². The van der Waals surface area contributed by atoms with Gasteiger partial charge in [-0.05, 0) is 43.2 Å². The van der Waals surface area contributed by atoms with Crippen molar-refractivity contribution in [3.63, 3.8) is 0 Å². The number of halogens is 1. The number of nitrogens with zero attached hydrogens (tertiary/aromatic N) is 1. The van der Waals surface area contributed by atoms with Gasteiger partial charge in [-0.1, -0.05) is 6.92 Å². The highest BCUT2D eigenvalue weighted by Crippen LogP contribution is 2.32. The van der Waals surface area contributed by atoms with Gasteiger partial charge in [-0.15, -0.1) is 0 Å². The second kappa shape index (κ2) is 6.49. The van der Waals surface area contributed by atoms with Crippen molar-refractivity contribution in [3.05, 3.63) is 39.7 Å². The predicted octanol–water partition coefficient (Wildman–Crippen LogP) is 2.76. The third-order valence-corrected chi connectivity index (χ3v) is 4.35. The second-order valence-corrected chi connectivity index (χ2v) is 6.05. The number of nitro groups is 1. The molecular formula is C15H21FN2O3. The Bertz CT molecular complexity index is 514. The van der Waals surface area contributed by atoms with Gasteiger partial charge < -0.3 is 10.4 Å². The van der Waals surface area contributed by atoms with Gasteiger partial charge in [0.25, 0.3) is 5.69 Å². The van der Waals surface area contributed by atoms with Gasteiger partial charge in [0.15, 0.2) is 0 Å². The molecule has 1 aliphatic carbocycles. The minimum atomic E-state index is -0.615. The van der Waals surface area contributed by atoms with Crippen LogP contribution in [-0.4, -0.2) is 22.2 Å². The minimum Gasteiger partial charge on any atom is -0.394 e. The average Bonchev–Trinajstić information content (AvgIpc) is 2.47. The molecule has 0 amide bonds. The first kappa shape index (κ1) is 15.9. The number of hydrogen-bond acceptors (Lipinski definition) is 4. The lowest BCUT2D eigenvalue weighted by Crippen LogP contribution is -2.50. The summed E-state index contributed by atoms with van der Waals surface area (Å²) in [5, 5.41) is 23.7. The van der Waals surface area contributed by atoms with E-state index in [2.05, 4.69) is 12.2 Å². The van der Waals surface area contributed by atoms with Crippen molar-refractivity contribution < 1.29 is 14.4 Å².